The van der Waals surface area contributed by atoms with E-state index in [9.17, 15) is 0 Å². The first kappa shape index (κ1) is 11.2. The molecule has 1 saturated heterocycles. The van der Waals surface area contributed by atoms with Crippen LogP contribution >= 0.6 is 22.6 Å². The molecule has 1 aliphatic rings. The standard InChI is InChI=1S/C12H16INO/c13-10-4-3-5-11(8-10)14-9-12-6-1-2-7-15-12/h3-5,8,12,14H,1-2,6-7,9H2. The van der Waals surface area contributed by atoms with E-state index in [1.807, 2.05) is 0 Å². The molecule has 1 fully saturated rings. The van der Waals surface area contributed by atoms with Gasteiger partial charge in [0.25, 0.3) is 0 Å². The molecule has 15 heavy (non-hydrogen) atoms. The number of nitrogens with one attached hydrogen (secondary N) is 1. The Morgan fingerprint density at radius 2 is 2.33 bits per heavy atom. The van der Waals surface area contributed by atoms with Crippen LogP contribution in [0.5, 0.6) is 0 Å². The van der Waals surface area contributed by atoms with E-state index in [4.69, 9.17) is 4.74 Å². The van der Waals surface area contributed by atoms with Crippen LogP contribution in [0.2, 0.25) is 0 Å². The van der Waals surface area contributed by atoms with E-state index >= 15 is 0 Å². The summed E-state index contributed by atoms with van der Waals surface area (Å²) in [6.45, 7) is 1.86. The predicted octanol–water partition coefficient (Wildman–Crippen LogP) is 3.27. The van der Waals surface area contributed by atoms with E-state index in [0.717, 1.165) is 13.2 Å². The summed E-state index contributed by atoms with van der Waals surface area (Å²) in [6.07, 6.45) is 4.12. The molecule has 1 N–H and O–H groups in total. The van der Waals surface area contributed by atoms with Crippen molar-refractivity contribution < 1.29 is 4.74 Å². The molecule has 0 bridgehead atoms. The number of benzene rings is 1. The summed E-state index contributed by atoms with van der Waals surface area (Å²) in [5, 5.41) is 3.43. The third kappa shape index (κ3) is 3.65. The Morgan fingerprint density at radius 3 is 3.07 bits per heavy atom. The first-order valence-corrected chi connectivity index (χ1v) is 6.53. The molecule has 1 aromatic carbocycles. The largest absolute Gasteiger partial charge is 0.382 e. The van der Waals surface area contributed by atoms with Crippen molar-refractivity contribution in [1.29, 1.82) is 0 Å². The lowest BCUT2D eigenvalue weighted by Gasteiger charge is -2.23. The maximum Gasteiger partial charge on any atom is 0.0747 e. The van der Waals surface area contributed by atoms with Crippen molar-refractivity contribution in [3.63, 3.8) is 0 Å². The normalized spacial score (nSPS) is 21.3. The molecule has 0 amide bonds. The van der Waals surface area contributed by atoms with Crippen LogP contribution in [0.3, 0.4) is 0 Å². The Bertz CT molecular complexity index is 310. The minimum absolute atomic E-state index is 0.400. The fraction of sp³-hybridized carbons (Fsp3) is 0.500. The number of halogens is 1. The van der Waals surface area contributed by atoms with E-state index in [2.05, 4.69) is 52.2 Å². The first-order chi connectivity index (χ1) is 7.34. The van der Waals surface area contributed by atoms with Gasteiger partial charge in [-0.1, -0.05) is 6.07 Å². The monoisotopic (exact) mass is 317 g/mol. The van der Waals surface area contributed by atoms with Crippen molar-refractivity contribution >= 4 is 28.3 Å². The zero-order valence-electron chi connectivity index (χ0n) is 8.71. The average molecular weight is 317 g/mol. The second-order valence-electron chi connectivity index (χ2n) is 3.88. The molecule has 0 saturated carbocycles. The smallest absolute Gasteiger partial charge is 0.0747 e. The molecule has 1 heterocycles. The minimum Gasteiger partial charge on any atom is -0.382 e. The lowest BCUT2D eigenvalue weighted by Crippen LogP contribution is -2.26. The highest BCUT2D eigenvalue weighted by Gasteiger charge is 2.12. The molecule has 0 radical (unpaired) electrons. The lowest BCUT2D eigenvalue weighted by atomic mass is 10.1. The van der Waals surface area contributed by atoms with Crippen LogP contribution in [0.25, 0.3) is 0 Å². The Balaban J connectivity index is 1.81. The van der Waals surface area contributed by atoms with Gasteiger partial charge in [0, 0.05) is 22.4 Å². The van der Waals surface area contributed by atoms with Crippen molar-refractivity contribution in [2.75, 3.05) is 18.5 Å². The predicted molar refractivity (Wildman–Crippen MR) is 71.2 cm³/mol. The number of hydrogen-bond acceptors (Lipinski definition) is 2. The molecule has 82 valence electrons. The van der Waals surface area contributed by atoms with E-state index in [1.165, 1.54) is 28.5 Å². The van der Waals surface area contributed by atoms with Gasteiger partial charge in [-0.3, -0.25) is 0 Å². The molecule has 0 spiro atoms. The summed E-state index contributed by atoms with van der Waals surface area (Å²) in [7, 11) is 0. The van der Waals surface area contributed by atoms with Gasteiger partial charge in [0.05, 0.1) is 6.10 Å². The highest BCUT2D eigenvalue weighted by Crippen LogP contribution is 2.15. The highest BCUT2D eigenvalue weighted by atomic mass is 127. The maximum atomic E-state index is 5.67. The van der Waals surface area contributed by atoms with E-state index in [1.54, 1.807) is 0 Å². The van der Waals surface area contributed by atoms with E-state index in [-0.39, 0.29) is 0 Å². The van der Waals surface area contributed by atoms with Gasteiger partial charge in [0.1, 0.15) is 0 Å². The Labute approximate surface area is 105 Å². The van der Waals surface area contributed by atoms with Gasteiger partial charge in [0.15, 0.2) is 0 Å². The van der Waals surface area contributed by atoms with Crippen LogP contribution in [-0.2, 0) is 4.74 Å². The zero-order chi connectivity index (χ0) is 10.5. The maximum absolute atomic E-state index is 5.67. The Morgan fingerprint density at radius 1 is 1.40 bits per heavy atom. The minimum atomic E-state index is 0.400. The van der Waals surface area contributed by atoms with Gasteiger partial charge < -0.3 is 10.1 Å². The van der Waals surface area contributed by atoms with Gasteiger partial charge in [-0.15, -0.1) is 0 Å². The summed E-state index contributed by atoms with van der Waals surface area (Å²) < 4.78 is 6.93. The molecule has 1 unspecified atom stereocenters. The molecule has 1 atom stereocenters. The molecule has 1 aromatic rings. The molecular formula is C12H16INO. The topological polar surface area (TPSA) is 21.3 Å². The molecule has 0 aliphatic carbocycles. The number of ether oxygens (including phenoxy) is 1. The van der Waals surface area contributed by atoms with Crippen molar-refractivity contribution in [2.24, 2.45) is 0 Å². The molecule has 2 nitrogen and oxygen atoms in total. The average Bonchev–Trinajstić information content (AvgIpc) is 2.28. The van der Waals surface area contributed by atoms with E-state index < -0.39 is 0 Å². The van der Waals surface area contributed by atoms with Crippen LogP contribution in [0, 0.1) is 3.57 Å². The summed E-state index contributed by atoms with van der Waals surface area (Å²) in [6, 6.07) is 8.43. The van der Waals surface area contributed by atoms with Crippen molar-refractivity contribution in [2.45, 2.75) is 25.4 Å². The second kappa shape index (κ2) is 5.70. The van der Waals surface area contributed by atoms with Crippen LogP contribution in [0.15, 0.2) is 24.3 Å². The first-order valence-electron chi connectivity index (χ1n) is 5.45. The summed E-state index contributed by atoms with van der Waals surface area (Å²) in [5.41, 5.74) is 1.19. The highest BCUT2D eigenvalue weighted by molar-refractivity contribution is 14.1. The van der Waals surface area contributed by atoms with Crippen molar-refractivity contribution in [3.05, 3.63) is 27.8 Å². The van der Waals surface area contributed by atoms with Gasteiger partial charge in [-0.2, -0.15) is 0 Å². The van der Waals surface area contributed by atoms with Gasteiger partial charge in [-0.25, -0.2) is 0 Å². The Kier molecular flexibility index (Phi) is 4.26. The van der Waals surface area contributed by atoms with Crippen LogP contribution in [0.1, 0.15) is 19.3 Å². The van der Waals surface area contributed by atoms with Gasteiger partial charge in [0.2, 0.25) is 0 Å². The van der Waals surface area contributed by atoms with Crippen LogP contribution < -0.4 is 5.32 Å². The van der Waals surface area contributed by atoms with Gasteiger partial charge in [-0.05, 0) is 60.1 Å². The summed E-state index contributed by atoms with van der Waals surface area (Å²) in [4.78, 5) is 0. The number of rotatable bonds is 3. The van der Waals surface area contributed by atoms with Crippen LogP contribution in [0.4, 0.5) is 5.69 Å². The summed E-state index contributed by atoms with van der Waals surface area (Å²) >= 11 is 2.33. The quantitative estimate of drug-likeness (QED) is 0.864. The third-order valence-electron chi connectivity index (χ3n) is 2.63. The second-order valence-corrected chi connectivity index (χ2v) is 5.13. The summed E-state index contributed by atoms with van der Waals surface area (Å²) in [5.74, 6) is 0. The van der Waals surface area contributed by atoms with E-state index in [0.29, 0.717) is 6.10 Å². The SMILES string of the molecule is Ic1cccc(NCC2CCCCO2)c1. The Hall–Kier alpha value is -0.290. The fourth-order valence-corrected chi connectivity index (χ4v) is 2.34. The lowest BCUT2D eigenvalue weighted by molar-refractivity contribution is 0.0247. The van der Waals surface area contributed by atoms with Gasteiger partial charge >= 0.3 is 0 Å². The molecule has 2 rings (SSSR count). The molecule has 3 heteroatoms. The third-order valence-corrected chi connectivity index (χ3v) is 3.30. The molecular weight excluding hydrogens is 301 g/mol. The molecule has 1 aliphatic heterocycles. The number of hydrogen-bond donors (Lipinski definition) is 1. The molecule has 0 aromatic heterocycles. The fourth-order valence-electron chi connectivity index (χ4n) is 1.80. The van der Waals surface area contributed by atoms with Crippen molar-refractivity contribution in [1.82, 2.24) is 0 Å². The zero-order valence-corrected chi connectivity index (χ0v) is 10.9. The van der Waals surface area contributed by atoms with Crippen molar-refractivity contribution in [3.8, 4) is 0 Å². The van der Waals surface area contributed by atoms with Crippen LogP contribution in [-0.4, -0.2) is 19.3 Å². The number of anilines is 1.